The summed E-state index contributed by atoms with van der Waals surface area (Å²) in [6.45, 7) is 0. The molecule has 2 N–H and O–H groups in total. The fraction of sp³-hybridized carbons (Fsp3) is 0.0526. The van der Waals surface area contributed by atoms with Crippen molar-refractivity contribution in [2.45, 2.75) is 0 Å². The summed E-state index contributed by atoms with van der Waals surface area (Å²) in [6.07, 6.45) is 3.56. The van der Waals surface area contributed by atoms with E-state index in [4.69, 9.17) is 9.47 Å². The summed E-state index contributed by atoms with van der Waals surface area (Å²) in [7, 11) is 2.85. The van der Waals surface area contributed by atoms with Crippen LogP contribution in [0.15, 0.2) is 85.2 Å². The first-order valence-electron chi connectivity index (χ1n) is 14.6. The molecule has 226 valence electrons. The molecular weight excluding hydrogens is 600 g/mol. The van der Waals surface area contributed by atoms with Gasteiger partial charge in [0.15, 0.2) is 0 Å². The number of methoxy groups -OCH3 is 2. The van der Waals surface area contributed by atoms with Gasteiger partial charge < -0.3 is 19.4 Å². The van der Waals surface area contributed by atoms with Crippen LogP contribution >= 0.6 is 0 Å². The zero-order valence-electron chi connectivity index (χ0n) is 25.6. The van der Waals surface area contributed by atoms with Crippen LogP contribution in [-0.4, -0.2) is 34.2 Å². The van der Waals surface area contributed by atoms with Gasteiger partial charge in [-0.2, -0.15) is 21.0 Å². The Morgan fingerprint density at radius 1 is 0.521 bits per heavy atom. The van der Waals surface area contributed by atoms with Crippen molar-refractivity contribution < 1.29 is 9.47 Å². The lowest BCUT2D eigenvalue weighted by Gasteiger charge is -2.16. The summed E-state index contributed by atoms with van der Waals surface area (Å²) in [4.78, 5) is 15.7. The van der Waals surface area contributed by atoms with E-state index in [1.807, 2.05) is 48.5 Å². The molecule has 4 aromatic heterocycles. The highest BCUT2D eigenvalue weighted by molar-refractivity contribution is 6.00. The standard InChI is InChI=1S/C38H22N8O2/c1-47-37-27(17-41)33(25(15-39)35(45-37)29-19-43-31-9-5-3-7-23(29)31)21-11-13-22(14-12-21)34-26(16-40)36(46-38(48-2)28(34)18-42)30-20-44-32-10-6-4-8-24(30)32/h3-14,19-20,43-44H,1-2H3. The number of pyridine rings is 2. The number of fused-ring (bicyclic) bond motifs is 2. The molecule has 48 heavy (non-hydrogen) atoms. The monoisotopic (exact) mass is 622 g/mol. The van der Waals surface area contributed by atoms with Crippen molar-refractivity contribution >= 4 is 21.8 Å². The second kappa shape index (κ2) is 11.8. The van der Waals surface area contributed by atoms with Crippen LogP contribution in [0.5, 0.6) is 11.8 Å². The Hall–Kier alpha value is -7.40. The Kier molecular flexibility index (Phi) is 7.23. The fourth-order valence-electron chi connectivity index (χ4n) is 6.15. The van der Waals surface area contributed by atoms with Crippen LogP contribution in [0, 0.1) is 45.3 Å². The van der Waals surface area contributed by atoms with Gasteiger partial charge in [0.25, 0.3) is 0 Å². The molecule has 10 heteroatoms. The molecule has 0 fully saturated rings. The summed E-state index contributed by atoms with van der Waals surface area (Å²) >= 11 is 0. The lowest BCUT2D eigenvalue weighted by molar-refractivity contribution is 0.397. The Morgan fingerprint density at radius 3 is 1.25 bits per heavy atom. The number of H-pyrrole nitrogens is 2. The number of nitrogens with zero attached hydrogens (tertiary/aromatic N) is 6. The number of rotatable bonds is 6. The third kappa shape index (κ3) is 4.46. The third-order valence-corrected chi connectivity index (χ3v) is 8.31. The van der Waals surface area contributed by atoms with Crippen molar-refractivity contribution in [3.05, 3.63) is 107 Å². The zero-order valence-corrected chi connectivity index (χ0v) is 25.6. The Balaban J connectivity index is 1.45. The molecule has 0 radical (unpaired) electrons. The molecule has 7 rings (SSSR count). The van der Waals surface area contributed by atoms with Gasteiger partial charge in [-0.3, -0.25) is 0 Å². The van der Waals surface area contributed by atoms with E-state index in [9.17, 15) is 21.0 Å². The van der Waals surface area contributed by atoms with E-state index in [-0.39, 0.29) is 34.0 Å². The molecule has 0 aliphatic carbocycles. The van der Waals surface area contributed by atoms with Crippen molar-refractivity contribution in [2.75, 3.05) is 14.2 Å². The van der Waals surface area contributed by atoms with Gasteiger partial charge in [-0.1, -0.05) is 60.7 Å². The van der Waals surface area contributed by atoms with Crippen LogP contribution in [0.2, 0.25) is 0 Å². The first-order chi connectivity index (χ1) is 23.6. The molecule has 0 bridgehead atoms. The maximum absolute atomic E-state index is 10.5. The minimum absolute atomic E-state index is 0.0802. The van der Waals surface area contributed by atoms with Gasteiger partial charge in [0.1, 0.15) is 35.4 Å². The minimum atomic E-state index is 0.0802. The molecule has 0 unspecified atom stereocenters. The quantitative estimate of drug-likeness (QED) is 0.191. The third-order valence-electron chi connectivity index (χ3n) is 8.31. The first-order valence-corrected chi connectivity index (χ1v) is 14.6. The van der Waals surface area contributed by atoms with Crippen LogP contribution < -0.4 is 9.47 Å². The van der Waals surface area contributed by atoms with Crippen molar-refractivity contribution in [2.24, 2.45) is 0 Å². The van der Waals surface area contributed by atoms with E-state index in [0.717, 1.165) is 21.8 Å². The van der Waals surface area contributed by atoms with E-state index in [0.29, 0.717) is 44.8 Å². The summed E-state index contributed by atoms with van der Waals surface area (Å²) in [6, 6.07) is 31.2. The second-order valence-electron chi connectivity index (χ2n) is 10.7. The van der Waals surface area contributed by atoms with Gasteiger partial charge in [-0.05, 0) is 23.3 Å². The number of aromatic amines is 2. The van der Waals surface area contributed by atoms with E-state index < -0.39 is 0 Å². The Morgan fingerprint density at radius 2 is 0.896 bits per heavy atom. The van der Waals surface area contributed by atoms with Gasteiger partial charge in [0.2, 0.25) is 11.8 Å². The predicted octanol–water partition coefficient (Wildman–Crippen LogP) is 7.61. The summed E-state index contributed by atoms with van der Waals surface area (Å²) < 4.78 is 11.1. The smallest absolute Gasteiger partial charge is 0.232 e. The predicted molar refractivity (Wildman–Crippen MR) is 179 cm³/mol. The molecule has 0 aliphatic heterocycles. The number of nitriles is 4. The van der Waals surface area contributed by atoms with Gasteiger partial charge >= 0.3 is 0 Å². The molecule has 0 saturated heterocycles. The van der Waals surface area contributed by atoms with E-state index in [1.165, 1.54) is 14.2 Å². The SMILES string of the molecule is COc1nc(-c2c[nH]c3ccccc23)c(C#N)c(-c2ccc(-c3c(C#N)c(OC)nc(-c4c[nH]c5ccccc45)c3C#N)cc2)c1C#N. The number of hydrogen-bond donors (Lipinski definition) is 2. The average molecular weight is 623 g/mol. The lowest BCUT2D eigenvalue weighted by atomic mass is 9.89. The number of ether oxygens (including phenoxy) is 2. The van der Waals surface area contributed by atoms with Crippen LogP contribution in [0.4, 0.5) is 0 Å². The van der Waals surface area contributed by atoms with Crippen LogP contribution in [0.1, 0.15) is 22.3 Å². The second-order valence-corrected chi connectivity index (χ2v) is 10.7. The number of para-hydroxylation sites is 2. The van der Waals surface area contributed by atoms with Crippen molar-refractivity contribution in [3.63, 3.8) is 0 Å². The molecule has 0 amide bonds. The van der Waals surface area contributed by atoms with E-state index in [1.54, 1.807) is 36.7 Å². The van der Waals surface area contributed by atoms with Gasteiger partial charge in [-0.25, -0.2) is 9.97 Å². The fourth-order valence-corrected chi connectivity index (χ4v) is 6.15. The highest BCUT2D eigenvalue weighted by Gasteiger charge is 2.27. The molecule has 10 nitrogen and oxygen atoms in total. The van der Waals surface area contributed by atoms with Crippen molar-refractivity contribution in [1.29, 1.82) is 21.0 Å². The largest absolute Gasteiger partial charge is 0.480 e. The van der Waals surface area contributed by atoms with Gasteiger partial charge in [-0.15, -0.1) is 0 Å². The van der Waals surface area contributed by atoms with Gasteiger partial charge in [0, 0.05) is 56.5 Å². The Labute approximate surface area is 274 Å². The maximum atomic E-state index is 10.5. The van der Waals surface area contributed by atoms with Crippen LogP contribution in [-0.2, 0) is 0 Å². The van der Waals surface area contributed by atoms with Crippen LogP contribution in [0.3, 0.4) is 0 Å². The molecule has 0 aliphatic rings. The lowest BCUT2D eigenvalue weighted by Crippen LogP contribution is -2.03. The van der Waals surface area contributed by atoms with Gasteiger partial charge in [0.05, 0.1) is 36.7 Å². The summed E-state index contributed by atoms with van der Waals surface area (Å²) in [5.74, 6) is 0.160. The molecule has 7 aromatic rings. The van der Waals surface area contributed by atoms with Crippen molar-refractivity contribution in [3.8, 4) is 80.8 Å². The molecule has 0 spiro atoms. The number of benzene rings is 3. The number of aromatic nitrogens is 4. The summed E-state index contributed by atoms with van der Waals surface area (Å²) in [5.41, 5.74) is 6.26. The van der Waals surface area contributed by atoms with E-state index >= 15 is 0 Å². The number of hydrogen-bond acceptors (Lipinski definition) is 8. The molecule has 0 saturated carbocycles. The highest BCUT2D eigenvalue weighted by Crippen LogP contribution is 2.43. The molecular formula is C38H22N8O2. The summed E-state index contributed by atoms with van der Waals surface area (Å²) in [5, 5.41) is 43.2. The maximum Gasteiger partial charge on any atom is 0.232 e. The van der Waals surface area contributed by atoms with Crippen LogP contribution in [0.25, 0.3) is 66.6 Å². The molecule has 3 aromatic carbocycles. The molecule has 4 heterocycles. The average Bonchev–Trinajstić information content (AvgIpc) is 3.78. The van der Waals surface area contributed by atoms with E-state index in [2.05, 4.69) is 44.2 Å². The minimum Gasteiger partial charge on any atom is -0.480 e. The van der Waals surface area contributed by atoms with Crippen molar-refractivity contribution in [1.82, 2.24) is 19.9 Å². The Bertz CT molecular complexity index is 2410. The normalized spacial score (nSPS) is 10.6. The zero-order chi connectivity index (χ0) is 33.4. The number of nitrogens with one attached hydrogen (secondary N) is 2. The highest BCUT2D eigenvalue weighted by atomic mass is 16.5. The first kappa shape index (κ1) is 29.3. The molecule has 0 atom stereocenters. The topological polar surface area (TPSA) is 171 Å².